The molecule has 0 radical (unpaired) electrons. The normalized spacial score (nSPS) is 12.7. The molecule has 0 aliphatic heterocycles. The zero-order valence-corrected chi connectivity index (χ0v) is 8.45. The van der Waals surface area contributed by atoms with E-state index in [0.29, 0.717) is 6.04 Å². The summed E-state index contributed by atoms with van der Waals surface area (Å²) in [5.74, 6) is 0.804. The molecule has 0 N–H and O–H groups in total. The van der Waals surface area contributed by atoms with Crippen LogP contribution in [-0.2, 0) is 0 Å². The van der Waals surface area contributed by atoms with E-state index in [0.717, 1.165) is 12.3 Å². The second kappa shape index (κ2) is 6.51. The summed E-state index contributed by atoms with van der Waals surface area (Å²) in [6, 6.07) is 0.367. The molecule has 0 amide bonds. The minimum absolute atomic E-state index is 0.367. The van der Waals surface area contributed by atoms with E-state index in [-0.39, 0.29) is 0 Å². The Labute approximate surface area is 74.9 Å². The van der Waals surface area contributed by atoms with Crippen LogP contribution in [0.1, 0.15) is 40.0 Å². The fourth-order valence-electron chi connectivity index (χ4n) is 0.976. The molecule has 1 nitrogen and oxygen atoms in total. The molecule has 0 heterocycles. The predicted molar refractivity (Wildman–Crippen MR) is 53.2 cm³/mol. The molecular weight excluding hydrogens is 154 g/mol. The lowest BCUT2D eigenvalue weighted by Crippen LogP contribution is -1.98. The van der Waals surface area contributed by atoms with Crippen molar-refractivity contribution < 1.29 is 0 Å². The van der Waals surface area contributed by atoms with Gasteiger partial charge < -0.3 is 0 Å². The summed E-state index contributed by atoms with van der Waals surface area (Å²) in [5.41, 5.74) is 0. The van der Waals surface area contributed by atoms with Gasteiger partial charge in [0.1, 0.15) is 0 Å². The third kappa shape index (κ3) is 7.70. The molecule has 0 saturated carbocycles. The van der Waals surface area contributed by atoms with Crippen LogP contribution in [0.5, 0.6) is 0 Å². The second-order valence-corrected chi connectivity index (χ2v) is 3.58. The number of rotatable bonds is 5. The fourth-order valence-corrected chi connectivity index (χ4v) is 1.16. The van der Waals surface area contributed by atoms with E-state index in [1.807, 2.05) is 0 Å². The Morgan fingerprint density at radius 2 is 1.91 bits per heavy atom. The van der Waals surface area contributed by atoms with Gasteiger partial charge in [0.2, 0.25) is 0 Å². The quantitative estimate of drug-likeness (QED) is 0.456. The van der Waals surface area contributed by atoms with E-state index in [1.165, 1.54) is 12.8 Å². The van der Waals surface area contributed by atoms with Crippen LogP contribution < -0.4 is 0 Å². The maximum atomic E-state index is 4.51. The molecular formula is C9H17NS. The summed E-state index contributed by atoms with van der Waals surface area (Å²) in [4.78, 5) is 3.99. The van der Waals surface area contributed by atoms with Crippen molar-refractivity contribution in [3.05, 3.63) is 0 Å². The van der Waals surface area contributed by atoms with Crippen LogP contribution in [0.15, 0.2) is 4.99 Å². The van der Waals surface area contributed by atoms with Crippen molar-refractivity contribution in [2.24, 2.45) is 10.9 Å². The number of aliphatic imine (C=N–C) groups is 1. The van der Waals surface area contributed by atoms with Gasteiger partial charge in [-0.25, -0.2) is 4.99 Å². The van der Waals surface area contributed by atoms with Gasteiger partial charge in [-0.3, -0.25) is 0 Å². The molecule has 11 heavy (non-hydrogen) atoms. The Kier molecular flexibility index (Phi) is 6.39. The van der Waals surface area contributed by atoms with Crippen molar-refractivity contribution in [2.45, 2.75) is 46.1 Å². The lowest BCUT2D eigenvalue weighted by Gasteiger charge is -2.05. The molecule has 0 bridgehead atoms. The Morgan fingerprint density at radius 3 is 2.36 bits per heavy atom. The standard InChI is InChI=1S/C9H17NS/c1-8(2)5-4-6-9(3)10-7-11/h8-9H,4-6H2,1-3H3/t9-/m1/s1. The minimum atomic E-state index is 0.367. The Hall–Kier alpha value is -0.200. The molecule has 0 rings (SSSR count). The van der Waals surface area contributed by atoms with Gasteiger partial charge in [-0.15, -0.1) is 0 Å². The van der Waals surface area contributed by atoms with Crippen LogP contribution in [0.2, 0.25) is 0 Å². The van der Waals surface area contributed by atoms with Gasteiger partial charge in [-0.1, -0.05) is 26.7 Å². The van der Waals surface area contributed by atoms with E-state index in [1.54, 1.807) is 0 Å². The first-order valence-electron chi connectivity index (χ1n) is 4.23. The first kappa shape index (κ1) is 10.8. The summed E-state index contributed by atoms with van der Waals surface area (Å²) >= 11 is 4.51. The number of hydrogen-bond donors (Lipinski definition) is 0. The highest BCUT2D eigenvalue weighted by Gasteiger charge is 1.99. The van der Waals surface area contributed by atoms with Crippen LogP contribution in [-0.4, -0.2) is 11.2 Å². The van der Waals surface area contributed by atoms with E-state index in [9.17, 15) is 0 Å². The summed E-state index contributed by atoms with van der Waals surface area (Å²) in [6.45, 7) is 6.57. The van der Waals surface area contributed by atoms with Gasteiger partial charge in [0.05, 0.1) is 11.2 Å². The topological polar surface area (TPSA) is 12.4 Å². The number of thiocarbonyl (C=S) groups is 1. The summed E-state index contributed by atoms with van der Waals surface area (Å²) in [6.07, 6.45) is 3.68. The molecule has 0 saturated heterocycles. The monoisotopic (exact) mass is 171 g/mol. The molecule has 0 unspecified atom stereocenters. The molecule has 0 aliphatic rings. The van der Waals surface area contributed by atoms with Crippen molar-refractivity contribution in [1.82, 2.24) is 0 Å². The highest BCUT2D eigenvalue weighted by atomic mass is 32.1. The first-order chi connectivity index (χ1) is 5.16. The summed E-state index contributed by atoms with van der Waals surface area (Å²) in [7, 11) is 0. The lowest BCUT2D eigenvalue weighted by atomic mass is 10.0. The van der Waals surface area contributed by atoms with Crippen LogP contribution >= 0.6 is 12.2 Å². The average Bonchev–Trinajstić information content (AvgIpc) is 1.87. The molecule has 2 heteroatoms. The Bertz CT molecular complexity index is 136. The molecule has 0 aromatic rings. The van der Waals surface area contributed by atoms with Crippen LogP contribution in [0.25, 0.3) is 0 Å². The zero-order valence-electron chi connectivity index (χ0n) is 7.63. The number of nitrogens with zero attached hydrogens (tertiary/aromatic N) is 1. The van der Waals surface area contributed by atoms with Crippen LogP contribution in [0.4, 0.5) is 0 Å². The summed E-state index contributed by atoms with van der Waals surface area (Å²) < 4.78 is 0. The fraction of sp³-hybridized carbons (Fsp3) is 0.889. The average molecular weight is 171 g/mol. The third-order valence-corrected chi connectivity index (χ3v) is 1.78. The predicted octanol–water partition coefficient (Wildman–Crippen LogP) is 3.30. The maximum Gasteiger partial charge on any atom is 0.0587 e. The molecule has 64 valence electrons. The number of hydrogen-bond acceptors (Lipinski definition) is 2. The Morgan fingerprint density at radius 1 is 1.27 bits per heavy atom. The van der Waals surface area contributed by atoms with Crippen molar-refractivity contribution in [3.63, 3.8) is 0 Å². The van der Waals surface area contributed by atoms with E-state index < -0.39 is 0 Å². The van der Waals surface area contributed by atoms with Gasteiger partial charge in [-0.2, -0.15) is 0 Å². The smallest absolute Gasteiger partial charge is 0.0587 e. The van der Waals surface area contributed by atoms with Gasteiger partial charge in [0.25, 0.3) is 0 Å². The SMILES string of the molecule is CC(C)CCC[C@@H](C)N=C=S. The molecule has 0 aliphatic carbocycles. The largest absolute Gasteiger partial charge is 0.229 e. The molecule has 1 atom stereocenters. The van der Waals surface area contributed by atoms with E-state index >= 15 is 0 Å². The molecule has 0 aromatic carbocycles. The third-order valence-electron chi connectivity index (χ3n) is 1.68. The number of isothiocyanates is 1. The van der Waals surface area contributed by atoms with Gasteiger partial charge in [0.15, 0.2) is 0 Å². The highest BCUT2D eigenvalue weighted by molar-refractivity contribution is 7.78. The summed E-state index contributed by atoms with van der Waals surface area (Å²) in [5, 5.41) is 2.41. The molecule has 0 aromatic heterocycles. The van der Waals surface area contributed by atoms with Gasteiger partial charge >= 0.3 is 0 Å². The van der Waals surface area contributed by atoms with Crippen molar-refractivity contribution in [2.75, 3.05) is 0 Å². The Balaban J connectivity index is 3.31. The lowest BCUT2D eigenvalue weighted by molar-refractivity contribution is 0.512. The van der Waals surface area contributed by atoms with Gasteiger partial charge in [-0.05, 0) is 31.5 Å². The maximum absolute atomic E-state index is 4.51. The van der Waals surface area contributed by atoms with E-state index in [2.05, 4.69) is 43.1 Å². The molecule has 0 fully saturated rings. The van der Waals surface area contributed by atoms with Crippen molar-refractivity contribution in [1.29, 1.82) is 0 Å². The van der Waals surface area contributed by atoms with Gasteiger partial charge in [0, 0.05) is 0 Å². The van der Waals surface area contributed by atoms with Crippen molar-refractivity contribution >= 4 is 17.4 Å². The molecule has 0 spiro atoms. The first-order valence-corrected chi connectivity index (χ1v) is 4.64. The van der Waals surface area contributed by atoms with Crippen LogP contribution in [0.3, 0.4) is 0 Å². The van der Waals surface area contributed by atoms with Crippen LogP contribution in [0, 0.1) is 5.92 Å². The highest BCUT2D eigenvalue weighted by Crippen LogP contribution is 2.09. The van der Waals surface area contributed by atoms with Crippen molar-refractivity contribution in [3.8, 4) is 0 Å². The minimum Gasteiger partial charge on any atom is -0.229 e. The van der Waals surface area contributed by atoms with E-state index in [4.69, 9.17) is 0 Å². The second-order valence-electron chi connectivity index (χ2n) is 3.39. The zero-order chi connectivity index (χ0) is 8.69.